The molecule has 4 aliphatic rings. The van der Waals surface area contributed by atoms with Crippen molar-refractivity contribution in [3.63, 3.8) is 0 Å². The van der Waals surface area contributed by atoms with Crippen LogP contribution in [0.15, 0.2) is 24.3 Å². The van der Waals surface area contributed by atoms with Crippen LogP contribution in [0.3, 0.4) is 0 Å². The van der Waals surface area contributed by atoms with Crippen LogP contribution in [0, 0.1) is 29.0 Å². The van der Waals surface area contributed by atoms with E-state index in [1.54, 1.807) is 0 Å². The van der Waals surface area contributed by atoms with E-state index in [0.29, 0.717) is 18.4 Å². The zero-order valence-electron chi connectivity index (χ0n) is 16.6. The van der Waals surface area contributed by atoms with Crippen molar-refractivity contribution in [2.45, 2.75) is 57.2 Å². The van der Waals surface area contributed by atoms with Gasteiger partial charge >= 0.3 is 5.97 Å². The molecule has 28 heavy (non-hydrogen) atoms. The number of benzene rings is 1. The average molecular weight is 387 g/mol. The van der Waals surface area contributed by atoms with E-state index in [1.807, 2.05) is 12.1 Å². The highest BCUT2D eigenvalue weighted by atomic mass is 19.1. The molecule has 1 spiro atoms. The van der Waals surface area contributed by atoms with Gasteiger partial charge in [-0.2, -0.15) is 0 Å². The Morgan fingerprint density at radius 2 is 2.04 bits per heavy atom. The molecule has 152 valence electrons. The van der Waals surface area contributed by atoms with Gasteiger partial charge in [0.1, 0.15) is 11.9 Å². The molecule has 0 unspecified atom stereocenters. The molecule has 1 aromatic rings. The predicted octanol–water partition coefficient (Wildman–Crippen LogP) is 3.48. The quantitative estimate of drug-likeness (QED) is 0.477. The second-order valence-electron chi connectivity index (χ2n) is 9.68. The number of nitrogens with one attached hydrogen (secondary N) is 1. The smallest absolute Gasteiger partial charge is 0.310 e. The van der Waals surface area contributed by atoms with Crippen molar-refractivity contribution < 1.29 is 18.7 Å². The van der Waals surface area contributed by atoms with Gasteiger partial charge in [-0.05, 0) is 74.1 Å². The number of hydrogen-bond acceptors (Lipinski definition) is 4. The van der Waals surface area contributed by atoms with Crippen LogP contribution in [-0.2, 0) is 20.7 Å². The summed E-state index contributed by atoms with van der Waals surface area (Å²) in [4.78, 5) is 12.6. The minimum absolute atomic E-state index is 0.0303. The van der Waals surface area contributed by atoms with E-state index in [0.717, 1.165) is 38.0 Å². The summed E-state index contributed by atoms with van der Waals surface area (Å²) in [6, 6.07) is 6.62. The van der Waals surface area contributed by atoms with Crippen molar-refractivity contribution in [2.75, 3.05) is 19.7 Å². The van der Waals surface area contributed by atoms with E-state index in [-0.39, 0.29) is 34.8 Å². The first-order valence-corrected chi connectivity index (χ1v) is 10.8. The van der Waals surface area contributed by atoms with Crippen LogP contribution in [0.2, 0.25) is 0 Å². The monoisotopic (exact) mass is 387 g/mol. The van der Waals surface area contributed by atoms with E-state index < -0.39 is 0 Å². The number of hydrogen-bond donors (Lipinski definition) is 1. The highest BCUT2D eigenvalue weighted by molar-refractivity contribution is 5.75. The highest BCUT2D eigenvalue weighted by Crippen LogP contribution is 2.62. The fourth-order valence-corrected chi connectivity index (χ4v) is 6.33. The van der Waals surface area contributed by atoms with Crippen molar-refractivity contribution in [3.05, 3.63) is 35.6 Å². The summed E-state index contributed by atoms with van der Waals surface area (Å²) in [5.41, 5.74) is 1.45. The Morgan fingerprint density at radius 1 is 1.25 bits per heavy atom. The number of carbonyl (C=O) groups is 1. The third-order valence-corrected chi connectivity index (χ3v) is 7.95. The normalized spacial score (nSPS) is 41.4. The standard InChI is InChI=1S/C23H30FNO3/c1-22-8-2-9-23(14-27-23)20(22)11-17-18(21(26)28-19(17)12-22)13-25-10-7-15-3-5-16(24)6-4-15/h3-6,17-20,25H,2,7-14H2,1H3/t17-,18-,19-,20+,22-,23+/m1/s1. The first-order valence-electron chi connectivity index (χ1n) is 10.8. The lowest BCUT2D eigenvalue weighted by atomic mass is 9.53. The van der Waals surface area contributed by atoms with Crippen LogP contribution in [-0.4, -0.2) is 37.4 Å². The van der Waals surface area contributed by atoms with Gasteiger partial charge in [-0.1, -0.05) is 19.1 Å². The van der Waals surface area contributed by atoms with Gasteiger partial charge in [0.05, 0.1) is 18.1 Å². The zero-order chi connectivity index (χ0) is 19.4. The summed E-state index contributed by atoms with van der Waals surface area (Å²) < 4.78 is 24.8. The number of carbonyl (C=O) groups excluding carboxylic acids is 1. The summed E-state index contributed by atoms with van der Waals surface area (Å²) in [7, 11) is 0. The van der Waals surface area contributed by atoms with Gasteiger partial charge in [-0.25, -0.2) is 4.39 Å². The molecule has 2 saturated carbocycles. The van der Waals surface area contributed by atoms with Crippen LogP contribution in [0.4, 0.5) is 4.39 Å². The zero-order valence-corrected chi connectivity index (χ0v) is 16.6. The summed E-state index contributed by atoms with van der Waals surface area (Å²) >= 11 is 0. The minimum Gasteiger partial charge on any atom is -0.462 e. The second kappa shape index (κ2) is 6.81. The Balaban J connectivity index is 1.20. The Labute approximate surface area is 166 Å². The van der Waals surface area contributed by atoms with E-state index in [1.165, 1.54) is 31.4 Å². The van der Waals surface area contributed by atoms with Crippen molar-refractivity contribution in [3.8, 4) is 0 Å². The Morgan fingerprint density at radius 3 is 2.79 bits per heavy atom. The van der Waals surface area contributed by atoms with Crippen LogP contribution < -0.4 is 5.32 Å². The molecule has 2 heterocycles. The predicted molar refractivity (Wildman–Crippen MR) is 103 cm³/mol. The maximum Gasteiger partial charge on any atom is 0.310 e. The molecule has 2 aliphatic heterocycles. The van der Waals surface area contributed by atoms with Crippen LogP contribution in [0.5, 0.6) is 0 Å². The molecule has 4 fully saturated rings. The maximum absolute atomic E-state index is 13.0. The molecule has 1 aromatic carbocycles. The highest BCUT2D eigenvalue weighted by Gasteiger charge is 2.64. The molecule has 1 N–H and O–H groups in total. The van der Waals surface area contributed by atoms with Gasteiger partial charge in [0, 0.05) is 12.5 Å². The Hall–Kier alpha value is -1.46. The minimum atomic E-state index is -0.208. The fourth-order valence-electron chi connectivity index (χ4n) is 6.33. The van der Waals surface area contributed by atoms with E-state index in [9.17, 15) is 9.18 Å². The number of epoxide rings is 1. The number of ether oxygens (including phenoxy) is 2. The molecular formula is C23H30FNO3. The van der Waals surface area contributed by atoms with Crippen LogP contribution in [0.1, 0.15) is 44.6 Å². The SMILES string of the molecule is C[C@]12CCC[C@]3(CO3)[C@H]1C[C@H]1[C@@H](C2)OC(=O)[C@@H]1CNCCc1ccc(F)cc1. The number of fused-ring (bicyclic) bond motifs is 3. The molecule has 0 bridgehead atoms. The molecular weight excluding hydrogens is 357 g/mol. The van der Waals surface area contributed by atoms with Crippen LogP contribution >= 0.6 is 0 Å². The van der Waals surface area contributed by atoms with Crippen LogP contribution in [0.25, 0.3) is 0 Å². The topological polar surface area (TPSA) is 50.9 Å². The molecule has 2 aliphatic carbocycles. The number of halogens is 1. The maximum atomic E-state index is 13.0. The molecule has 2 saturated heterocycles. The molecule has 6 atom stereocenters. The van der Waals surface area contributed by atoms with Gasteiger partial charge in [0.15, 0.2) is 0 Å². The van der Waals surface area contributed by atoms with Crippen molar-refractivity contribution in [2.24, 2.45) is 23.2 Å². The summed E-state index contributed by atoms with van der Waals surface area (Å²) in [6.45, 7) is 4.73. The lowest BCUT2D eigenvalue weighted by molar-refractivity contribution is -0.147. The number of rotatable bonds is 5. The number of esters is 1. The molecule has 0 radical (unpaired) electrons. The molecule has 0 aromatic heterocycles. The summed E-state index contributed by atoms with van der Waals surface area (Å²) in [5.74, 6) is 0.577. The lowest BCUT2D eigenvalue weighted by Crippen LogP contribution is -2.51. The van der Waals surface area contributed by atoms with E-state index in [4.69, 9.17) is 9.47 Å². The van der Waals surface area contributed by atoms with Gasteiger partial charge in [-0.3, -0.25) is 4.79 Å². The fraction of sp³-hybridized carbons (Fsp3) is 0.696. The van der Waals surface area contributed by atoms with Crippen molar-refractivity contribution in [1.29, 1.82) is 0 Å². The Bertz CT molecular complexity index is 747. The van der Waals surface area contributed by atoms with Crippen molar-refractivity contribution in [1.82, 2.24) is 5.32 Å². The van der Waals surface area contributed by atoms with E-state index >= 15 is 0 Å². The molecule has 5 rings (SSSR count). The molecule has 5 heteroatoms. The first-order chi connectivity index (χ1) is 13.5. The molecule has 4 nitrogen and oxygen atoms in total. The Kier molecular flexibility index (Phi) is 4.51. The largest absolute Gasteiger partial charge is 0.462 e. The third-order valence-electron chi connectivity index (χ3n) is 7.95. The second-order valence-corrected chi connectivity index (χ2v) is 9.68. The average Bonchev–Trinajstić information content (AvgIpc) is 3.36. The lowest BCUT2D eigenvalue weighted by Gasteiger charge is -2.51. The molecule has 0 amide bonds. The van der Waals surface area contributed by atoms with Gasteiger partial charge in [0.25, 0.3) is 0 Å². The van der Waals surface area contributed by atoms with Crippen molar-refractivity contribution >= 4 is 5.97 Å². The first kappa shape index (κ1) is 18.6. The summed E-state index contributed by atoms with van der Waals surface area (Å²) in [5, 5.41) is 3.45. The third kappa shape index (κ3) is 3.17. The van der Waals surface area contributed by atoms with Gasteiger partial charge < -0.3 is 14.8 Å². The summed E-state index contributed by atoms with van der Waals surface area (Å²) in [6.07, 6.45) is 6.58. The van der Waals surface area contributed by atoms with Gasteiger partial charge in [0.2, 0.25) is 0 Å². The van der Waals surface area contributed by atoms with Gasteiger partial charge in [-0.15, -0.1) is 0 Å². The van der Waals surface area contributed by atoms with E-state index in [2.05, 4.69) is 12.2 Å².